The number of rotatable bonds is 2. The molecule has 0 aliphatic rings. The Morgan fingerprint density at radius 1 is 1.80 bits per heavy atom. The van der Waals surface area contributed by atoms with Crippen molar-refractivity contribution in [2.75, 3.05) is 0 Å². The molecule has 0 radical (unpaired) electrons. The first kappa shape index (κ1) is 6.95. The molecule has 0 saturated heterocycles. The molecule has 0 aliphatic carbocycles. The molecule has 0 spiro atoms. The van der Waals surface area contributed by atoms with Gasteiger partial charge in [-0.3, -0.25) is 0 Å². The lowest BCUT2D eigenvalue weighted by molar-refractivity contribution is 0.386. The topological polar surface area (TPSA) is 64.9 Å². The van der Waals surface area contributed by atoms with Crippen molar-refractivity contribution < 1.29 is 4.52 Å². The maximum atomic E-state index is 5.50. The van der Waals surface area contributed by atoms with Crippen LogP contribution in [-0.4, -0.2) is 10.1 Å². The molecule has 0 aromatic carbocycles. The van der Waals surface area contributed by atoms with E-state index in [1.54, 1.807) is 13.0 Å². The Kier molecular flexibility index (Phi) is 1.82. The highest BCUT2D eigenvalue weighted by molar-refractivity contribution is 4.99. The lowest BCUT2D eigenvalue weighted by atomic mass is 10.3. The predicted molar refractivity (Wildman–Crippen MR) is 36.2 cm³/mol. The monoisotopic (exact) mass is 139 g/mol. The summed E-state index contributed by atoms with van der Waals surface area (Å²) in [4.78, 5) is 3.91. The van der Waals surface area contributed by atoms with Crippen LogP contribution in [0.2, 0.25) is 0 Å². The molecule has 0 amide bonds. The summed E-state index contributed by atoms with van der Waals surface area (Å²) in [6.45, 7) is 5.21. The van der Waals surface area contributed by atoms with E-state index >= 15 is 0 Å². The SMILES string of the molecule is C=CC(N)c1noc(C)n1. The van der Waals surface area contributed by atoms with Crippen molar-refractivity contribution in [2.24, 2.45) is 5.73 Å². The zero-order chi connectivity index (χ0) is 7.56. The summed E-state index contributed by atoms with van der Waals surface area (Å²) in [5.41, 5.74) is 5.50. The number of aromatic nitrogens is 2. The van der Waals surface area contributed by atoms with Crippen LogP contribution in [-0.2, 0) is 0 Å². The smallest absolute Gasteiger partial charge is 0.223 e. The summed E-state index contributed by atoms with van der Waals surface area (Å²) in [7, 11) is 0. The van der Waals surface area contributed by atoms with Crippen LogP contribution in [0, 0.1) is 6.92 Å². The van der Waals surface area contributed by atoms with Gasteiger partial charge in [0.2, 0.25) is 5.89 Å². The molecule has 4 heteroatoms. The third kappa shape index (κ3) is 1.22. The fourth-order valence-corrected chi connectivity index (χ4v) is 0.556. The molecule has 10 heavy (non-hydrogen) atoms. The van der Waals surface area contributed by atoms with Crippen molar-refractivity contribution in [1.82, 2.24) is 10.1 Å². The van der Waals surface area contributed by atoms with E-state index in [9.17, 15) is 0 Å². The van der Waals surface area contributed by atoms with E-state index < -0.39 is 0 Å². The van der Waals surface area contributed by atoms with E-state index in [0.717, 1.165) is 0 Å². The molecule has 1 atom stereocenters. The Bertz CT molecular complexity index is 231. The Labute approximate surface area is 58.7 Å². The van der Waals surface area contributed by atoms with Crippen molar-refractivity contribution in [3.05, 3.63) is 24.4 Å². The van der Waals surface area contributed by atoms with E-state index in [1.165, 1.54) is 0 Å². The van der Waals surface area contributed by atoms with Gasteiger partial charge in [-0.1, -0.05) is 11.2 Å². The van der Waals surface area contributed by atoms with Gasteiger partial charge < -0.3 is 10.3 Å². The van der Waals surface area contributed by atoms with E-state index in [0.29, 0.717) is 11.7 Å². The Balaban J connectivity index is 2.84. The lowest BCUT2D eigenvalue weighted by Gasteiger charge is -1.94. The molecule has 1 aromatic rings. The minimum Gasteiger partial charge on any atom is -0.340 e. The number of nitrogens with two attached hydrogens (primary N) is 1. The summed E-state index contributed by atoms with van der Waals surface area (Å²) in [5.74, 6) is 1.000. The average molecular weight is 139 g/mol. The number of hydrogen-bond acceptors (Lipinski definition) is 4. The van der Waals surface area contributed by atoms with Gasteiger partial charge in [0.1, 0.15) is 0 Å². The Morgan fingerprint density at radius 2 is 2.50 bits per heavy atom. The first-order valence-electron chi connectivity index (χ1n) is 2.92. The summed E-state index contributed by atoms with van der Waals surface area (Å²) in [5, 5.41) is 3.60. The van der Waals surface area contributed by atoms with Gasteiger partial charge in [0, 0.05) is 6.92 Å². The van der Waals surface area contributed by atoms with Gasteiger partial charge in [-0.15, -0.1) is 6.58 Å². The lowest BCUT2D eigenvalue weighted by Crippen LogP contribution is -2.08. The maximum Gasteiger partial charge on any atom is 0.223 e. The second kappa shape index (κ2) is 2.62. The van der Waals surface area contributed by atoms with E-state index in [-0.39, 0.29) is 6.04 Å². The van der Waals surface area contributed by atoms with Crippen LogP contribution >= 0.6 is 0 Å². The van der Waals surface area contributed by atoms with Crippen LogP contribution in [0.25, 0.3) is 0 Å². The molecular weight excluding hydrogens is 130 g/mol. The number of aryl methyl sites for hydroxylation is 1. The molecule has 1 heterocycles. The van der Waals surface area contributed by atoms with Gasteiger partial charge >= 0.3 is 0 Å². The fraction of sp³-hybridized carbons (Fsp3) is 0.333. The summed E-state index contributed by atoms with van der Waals surface area (Å²) >= 11 is 0. The highest BCUT2D eigenvalue weighted by Gasteiger charge is 2.07. The zero-order valence-corrected chi connectivity index (χ0v) is 5.74. The normalized spacial score (nSPS) is 13.0. The van der Waals surface area contributed by atoms with Gasteiger partial charge in [0.25, 0.3) is 0 Å². The van der Waals surface area contributed by atoms with Crippen LogP contribution < -0.4 is 5.73 Å². The van der Waals surface area contributed by atoms with Crippen molar-refractivity contribution in [1.29, 1.82) is 0 Å². The zero-order valence-electron chi connectivity index (χ0n) is 5.74. The second-order valence-electron chi connectivity index (χ2n) is 1.93. The largest absolute Gasteiger partial charge is 0.340 e. The maximum absolute atomic E-state index is 5.50. The van der Waals surface area contributed by atoms with Crippen LogP contribution in [0.15, 0.2) is 17.2 Å². The van der Waals surface area contributed by atoms with E-state index in [2.05, 4.69) is 16.7 Å². The predicted octanol–water partition coefficient (Wildman–Crippen LogP) is 0.564. The minimum absolute atomic E-state index is 0.322. The second-order valence-corrected chi connectivity index (χ2v) is 1.93. The third-order valence-corrected chi connectivity index (χ3v) is 1.10. The van der Waals surface area contributed by atoms with Crippen LogP contribution in [0.5, 0.6) is 0 Å². The van der Waals surface area contributed by atoms with Gasteiger partial charge in [0.05, 0.1) is 6.04 Å². The number of hydrogen-bond donors (Lipinski definition) is 1. The number of nitrogens with zero attached hydrogens (tertiary/aromatic N) is 2. The molecule has 0 aliphatic heterocycles. The summed E-state index contributed by atoms with van der Waals surface area (Å²) in [6, 6.07) is -0.322. The summed E-state index contributed by atoms with van der Waals surface area (Å²) in [6.07, 6.45) is 1.56. The summed E-state index contributed by atoms with van der Waals surface area (Å²) < 4.78 is 4.70. The van der Waals surface area contributed by atoms with Crippen LogP contribution in [0.1, 0.15) is 17.8 Å². The quantitative estimate of drug-likeness (QED) is 0.608. The van der Waals surface area contributed by atoms with Crippen molar-refractivity contribution in [3.8, 4) is 0 Å². The van der Waals surface area contributed by atoms with Gasteiger partial charge in [-0.05, 0) is 0 Å². The van der Waals surface area contributed by atoms with Gasteiger partial charge in [-0.25, -0.2) is 0 Å². The van der Waals surface area contributed by atoms with Crippen molar-refractivity contribution >= 4 is 0 Å². The molecule has 2 N–H and O–H groups in total. The highest BCUT2D eigenvalue weighted by atomic mass is 16.5. The molecule has 54 valence electrons. The molecule has 0 bridgehead atoms. The van der Waals surface area contributed by atoms with Gasteiger partial charge in [0.15, 0.2) is 5.82 Å². The molecule has 1 aromatic heterocycles. The molecule has 0 saturated carbocycles. The third-order valence-electron chi connectivity index (χ3n) is 1.10. The van der Waals surface area contributed by atoms with Crippen molar-refractivity contribution in [3.63, 3.8) is 0 Å². The van der Waals surface area contributed by atoms with E-state index in [4.69, 9.17) is 10.3 Å². The molecule has 1 unspecified atom stereocenters. The first-order chi connectivity index (χ1) is 4.74. The Hall–Kier alpha value is -1.16. The van der Waals surface area contributed by atoms with Gasteiger partial charge in [-0.2, -0.15) is 4.98 Å². The van der Waals surface area contributed by atoms with E-state index in [1.807, 2.05) is 0 Å². The first-order valence-corrected chi connectivity index (χ1v) is 2.92. The molecule has 0 fully saturated rings. The molecule has 4 nitrogen and oxygen atoms in total. The van der Waals surface area contributed by atoms with Crippen LogP contribution in [0.4, 0.5) is 0 Å². The fourth-order valence-electron chi connectivity index (χ4n) is 0.556. The van der Waals surface area contributed by atoms with Crippen molar-refractivity contribution in [2.45, 2.75) is 13.0 Å². The average Bonchev–Trinajstić information content (AvgIpc) is 2.34. The molecule has 1 rings (SSSR count). The Morgan fingerprint density at radius 3 is 2.90 bits per heavy atom. The minimum atomic E-state index is -0.322. The molecular formula is C6H9N3O. The highest BCUT2D eigenvalue weighted by Crippen LogP contribution is 2.04. The standard InChI is InChI=1S/C6H9N3O/c1-3-5(7)6-8-4(2)10-9-6/h3,5H,1,7H2,2H3. The van der Waals surface area contributed by atoms with Crippen LogP contribution in [0.3, 0.4) is 0 Å².